The molecule has 0 aromatic rings. The van der Waals surface area contributed by atoms with Crippen LogP contribution in [0.5, 0.6) is 0 Å². The molecule has 1 aliphatic carbocycles. The van der Waals surface area contributed by atoms with E-state index in [9.17, 15) is 0 Å². The van der Waals surface area contributed by atoms with E-state index in [-0.39, 0.29) is 0 Å². The molecule has 4 nitrogen and oxygen atoms in total. The van der Waals surface area contributed by atoms with Crippen LogP contribution in [0.3, 0.4) is 0 Å². The van der Waals surface area contributed by atoms with Crippen molar-refractivity contribution in [2.45, 2.75) is 64.5 Å². The first kappa shape index (κ1) is 13.3. The van der Waals surface area contributed by atoms with E-state index >= 15 is 0 Å². The Morgan fingerprint density at radius 2 is 2.06 bits per heavy atom. The zero-order valence-corrected chi connectivity index (χ0v) is 10.5. The van der Waals surface area contributed by atoms with Crippen molar-refractivity contribution in [1.29, 1.82) is 0 Å². The van der Waals surface area contributed by atoms with Gasteiger partial charge in [0, 0.05) is 18.5 Å². The Kier molecular flexibility index (Phi) is 5.60. The maximum absolute atomic E-state index is 8.59. The van der Waals surface area contributed by atoms with Crippen molar-refractivity contribution in [2.75, 3.05) is 6.54 Å². The van der Waals surface area contributed by atoms with Crippen molar-refractivity contribution in [2.24, 2.45) is 10.9 Å². The molecule has 1 atom stereocenters. The van der Waals surface area contributed by atoms with Crippen LogP contribution in [0.15, 0.2) is 5.16 Å². The van der Waals surface area contributed by atoms with Gasteiger partial charge in [-0.05, 0) is 26.3 Å². The van der Waals surface area contributed by atoms with Crippen LogP contribution in [0.2, 0.25) is 0 Å². The highest BCUT2D eigenvalue weighted by Gasteiger charge is 2.24. The van der Waals surface area contributed by atoms with Crippen molar-refractivity contribution >= 4 is 5.84 Å². The highest BCUT2D eigenvalue weighted by Crippen LogP contribution is 2.24. The minimum Gasteiger partial charge on any atom is -0.409 e. The molecule has 0 spiro atoms. The molecule has 0 aromatic carbocycles. The fourth-order valence-electron chi connectivity index (χ4n) is 2.80. The monoisotopic (exact) mass is 227 g/mol. The van der Waals surface area contributed by atoms with Gasteiger partial charge in [-0.2, -0.15) is 0 Å². The van der Waals surface area contributed by atoms with Gasteiger partial charge in [-0.15, -0.1) is 0 Å². The van der Waals surface area contributed by atoms with Gasteiger partial charge < -0.3 is 10.9 Å². The quantitative estimate of drug-likeness (QED) is 0.327. The summed E-state index contributed by atoms with van der Waals surface area (Å²) in [7, 11) is 0. The largest absolute Gasteiger partial charge is 0.409 e. The second-order valence-corrected chi connectivity index (χ2v) is 4.77. The van der Waals surface area contributed by atoms with Crippen LogP contribution >= 0.6 is 0 Å². The van der Waals surface area contributed by atoms with Crippen molar-refractivity contribution in [3.63, 3.8) is 0 Å². The minimum absolute atomic E-state index is 0.335. The summed E-state index contributed by atoms with van der Waals surface area (Å²) in [4.78, 5) is 2.50. The van der Waals surface area contributed by atoms with Gasteiger partial charge >= 0.3 is 0 Å². The third-order valence-corrected chi connectivity index (χ3v) is 3.61. The Balaban J connectivity index is 2.51. The Bertz CT molecular complexity index is 224. The molecule has 1 rings (SSSR count). The highest BCUT2D eigenvalue weighted by atomic mass is 16.4. The molecule has 1 saturated carbocycles. The summed E-state index contributed by atoms with van der Waals surface area (Å²) in [6.07, 6.45) is 7.32. The van der Waals surface area contributed by atoms with Gasteiger partial charge in [-0.3, -0.25) is 4.90 Å². The van der Waals surface area contributed by atoms with Gasteiger partial charge in [0.15, 0.2) is 0 Å². The number of nitrogens with zero attached hydrogens (tertiary/aromatic N) is 2. The average molecular weight is 227 g/mol. The normalized spacial score (nSPS) is 21.3. The maximum atomic E-state index is 8.59. The molecule has 0 saturated heterocycles. The van der Waals surface area contributed by atoms with E-state index in [1.165, 1.54) is 32.1 Å². The molecule has 4 heteroatoms. The Morgan fingerprint density at radius 3 is 2.56 bits per heavy atom. The molecule has 0 heterocycles. The van der Waals surface area contributed by atoms with E-state index in [1.807, 2.05) is 0 Å². The van der Waals surface area contributed by atoms with E-state index in [4.69, 9.17) is 10.9 Å². The first-order valence-electron chi connectivity index (χ1n) is 6.41. The average Bonchev–Trinajstić information content (AvgIpc) is 2.31. The van der Waals surface area contributed by atoms with Crippen LogP contribution < -0.4 is 5.73 Å². The van der Waals surface area contributed by atoms with Gasteiger partial charge in [0.05, 0.1) is 0 Å². The molecular formula is C12H25N3O. The smallest absolute Gasteiger partial charge is 0.140 e. The van der Waals surface area contributed by atoms with E-state index < -0.39 is 0 Å². The number of amidine groups is 1. The lowest BCUT2D eigenvalue weighted by Crippen LogP contribution is -2.44. The van der Waals surface area contributed by atoms with Crippen LogP contribution in [0.1, 0.15) is 52.4 Å². The zero-order chi connectivity index (χ0) is 12.0. The predicted molar refractivity (Wildman–Crippen MR) is 66.7 cm³/mol. The van der Waals surface area contributed by atoms with Gasteiger partial charge in [-0.1, -0.05) is 31.3 Å². The van der Waals surface area contributed by atoms with Crippen LogP contribution in [0.25, 0.3) is 0 Å². The number of rotatable bonds is 5. The third kappa shape index (κ3) is 3.67. The minimum atomic E-state index is 0.335. The molecular weight excluding hydrogens is 202 g/mol. The van der Waals surface area contributed by atoms with Crippen LogP contribution in [-0.4, -0.2) is 34.6 Å². The summed E-state index contributed by atoms with van der Waals surface area (Å²) in [5, 5.41) is 11.7. The number of nitrogens with two attached hydrogens (primary N) is 1. The summed E-state index contributed by atoms with van der Waals surface area (Å²) in [5.74, 6) is 0.335. The van der Waals surface area contributed by atoms with Gasteiger partial charge in [-0.25, -0.2) is 0 Å². The summed E-state index contributed by atoms with van der Waals surface area (Å²) >= 11 is 0. The molecule has 1 unspecified atom stereocenters. The third-order valence-electron chi connectivity index (χ3n) is 3.61. The van der Waals surface area contributed by atoms with Crippen molar-refractivity contribution in [3.05, 3.63) is 0 Å². The molecule has 94 valence electrons. The molecule has 1 fully saturated rings. The molecule has 3 N–H and O–H groups in total. The highest BCUT2D eigenvalue weighted by molar-refractivity contribution is 5.80. The predicted octanol–water partition coefficient (Wildman–Crippen LogP) is 2.17. The van der Waals surface area contributed by atoms with Crippen LogP contribution in [0, 0.1) is 0 Å². The zero-order valence-electron chi connectivity index (χ0n) is 10.5. The first-order chi connectivity index (χ1) is 7.69. The second kappa shape index (κ2) is 6.74. The Hall–Kier alpha value is -0.770. The van der Waals surface area contributed by atoms with E-state index in [2.05, 4.69) is 23.9 Å². The first-order valence-corrected chi connectivity index (χ1v) is 6.41. The molecule has 16 heavy (non-hydrogen) atoms. The van der Waals surface area contributed by atoms with Crippen molar-refractivity contribution in [1.82, 2.24) is 4.90 Å². The number of hydrogen-bond donors (Lipinski definition) is 2. The van der Waals surface area contributed by atoms with Gasteiger partial charge in [0.2, 0.25) is 0 Å². The summed E-state index contributed by atoms with van der Waals surface area (Å²) in [5.41, 5.74) is 5.57. The van der Waals surface area contributed by atoms with Gasteiger partial charge in [0.25, 0.3) is 0 Å². The van der Waals surface area contributed by atoms with Gasteiger partial charge in [0.1, 0.15) is 5.84 Å². The Labute approximate surface area is 98.5 Å². The lowest BCUT2D eigenvalue weighted by molar-refractivity contribution is 0.121. The lowest BCUT2D eigenvalue weighted by Gasteiger charge is -2.37. The summed E-state index contributed by atoms with van der Waals surface area (Å²) in [6.45, 7) is 5.40. The number of oxime groups is 1. The molecule has 0 bridgehead atoms. The molecule has 1 aliphatic rings. The lowest BCUT2D eigenvalue weighted by atomic mass is 9.93. The fraction of sp³-hybridized carbons (Fsp3) is 0.917. The molecule has 0 radical (unpaired) electrons. The van der Waals surface area contributed by atoms with Crippen LogP contribution in [0.4, 0.5) is 0 Å². The summed E-state index contributed by atoms with van der Waals surface area (Å²) < 4.78 is 0. The standard InChI is InChI=1S/C12H25N3O/c1-3-15(10(2)9-12(13)14-16)11-7-5-4-6-8-11/h10-11,16H,3-9H2,1-2H3,(H2,13,14). The second-order valence-electron chi connectivity index (χ2n) is 4.77. The fourth-order valence-corrected chi connectivity index (χ4v) is 2.80. The van der Waals surface area contributed by atoms with E-state index in [0.29, 0.717) is 24.3 Å². The Morgan fingerprint density at radius 1 is 1.44 bits per heavy atom. The van der Waals surface area contributed by atoms with Crippen molar-refractivity contribution in [3.8, 4) is 0 Å². The number of hydrogen-bond acceptors (Lipinski definition) is 3. The van der Waals surface area contributed by atoms with Crippen LogP contribution in [-0.2, 0) is 0 Å². The van der Waals surface area contributed by atoms with E-state index in [0.717, 1.165) is 6.54 Å². The SMILES string of the molecule is CCN(C(C)CC(N)=NO)C1CCCCC1. The van der Waals surface area contributed by atoms with Crippen molar-refractivity contribution < 1.29 is 5.21 Å². The summed E-state index contributed by atoms with van der Waals surface area (Å²) in [6, 6.07) is 1.06. The van der Waals surface area contributed by atoms with E-state index in [1.54, 1.807) is 0 Å². The topological polar surface area (TPSA) is 61.8 Å². The maximum Gasteiger partial charge on any atom is 0.140 e. The molecule has 0 amide bonds. The molecule has 0 aliphatic heterocycles. The molecule has 0 aromatic heterocycles.